The fourth-order valence-electron chi connectivity index (χ4n) is 6.06. The predicted octanol–water partition coefficient (Wildman–Crippen LogP) is 4.31. The lowest BCUT2D eigenvalue weighted by Crippen LogP contribution is -2.44. The van der Waals surface area contributed by atoms with Gasteiger partial charge in [-0.25, -0.2) is 0 Å². The van der Waals surface area contributed by atoms with E-state index in [0.29, 0.717) is 0 Å². The van der Waals surface area contributed by atoms with E-state index in [4.69, 9.17) is 19.0 Å². The summed E-state index contributed by atoms with van der Waals surface area (Å²) >= 11 is 0. The Morgan fingerprint density at radius 2 is 1.40 bits per heavy atom. The molecule has 8 heteroatoms. The van der Waals surface area contributed by atoms with E-state index in [-0.39, 0.29) is 18.2 Å². The largest absolute Gasteiger partial charge is 0.453 e. The first-order valence-electron chi connectivity index (χ1n) is 13.9. The van der Waals surface area contributed by atoms with Gasteiger partial charge >= 0.3 is 6.01 Å². The zero-order chi connectivity index (χ0) is 26.9. The zero-order valence-corrected chi connectivity index (χ0v) is 22.0. The van der Waals surface area contributed by atoms with E-state index in [1.165, 1.54) is 6.07 Å². The van der Waals surface area contributed by atoms with Gasteiger partial charge in [-0.3, -0.25) is 14.2 Å². The third-order valence-electron chi connectivity index (χ3n) is 7.95. The summed E-state index contributed by atoms with van der Waals surface area (Å²) in [6.45, 7) is 1.95. The molecule has 1 aromatic heterocycles. The third-order valence-corrected chi connectivity index (χ3v) is 7.95. The molecule has 0 saturated carbocycles. The van der Waals surface area contributed by atoms with Crippen LogP contribution in [-0.2, 0) is 19.9 Å². The molecule has 0 radical (unpaired) electrons. The summed E-state index contributed by atoms with van der Waals surface area (Å²) in [6, 6.07) is 32.5. The third kappa shape index (κ3) is 4.43. The van der Waals surface area contributed by atoms with E-state index < -0.39 is 30.1 Å². The van der Waals surface area contributed by atoms with Gasteiger partial charge in [-0.1, -0.05) is 91.0 Å². The summed E-state index contributed by atoms with van der Waals surface area (Å²) in [5.41, 5.74) is 1.83. The second-order valence-corrected chi connectivity index (χ2v) is 10.4. The molecule has 0 aliphatic carbocycles. The van der Waals surface area contributed by atoms with Crippen LogP contribution < -0.4 is 10.3 Å². The molecule has 4 aromatic rings. The van der Waals surface area contributed by atoms with Crippen LogP contribution in [0.1, 0.15) is 35.8 Å². The van der Waals surface area contributed by atoms with Crippen molar-refractivity contribution in [2.24, 2.45) is 0 Å². The van der Waals surface area contributed by atoms with Crippen molar-refractivity contribution in [1.29, 1.82) is 0 Å². The average molecular weight is 538 g/mol. The van der Waals surface area contributed by atoms with Gasteiger partial charge in [-0.15, -0.1) is 0 Å². The van der Waals surface area contributed by atoms with Gasteiger partial charge in [0.1, 0.15) is 17.8 Å². The number of ether oxygens (including phenoxy) is 3. The summed E-state index contributed by atoms with van der Waals surface area (Å²) in [5, 5.41) is 1.99. The fraction of sp³-hybridized carbons (Fsp3) is 0.312. The van der Waals surface area contributed by atoms with Gasteiger partial charge in [-0.2, -0.15) is 10.0 Å². The number of aromatic nitrogens is 2. The van der Waals surface area contributed by atoms with Crippen molar-refractivity contribution in [3.8, 4) is 6.01 Å². The number of rotatable bonds is 8. The minimum absolute atomic E-state index is 0.247. The monoisotopic (exact) mass is 537 g/mol. The summed E-state index contributed by atoms with van der Waals surface area (Å²) < 4.78 is 21.6. The molecule has 2 saturated heterocycles. The van der Waals surface area contributed by atoms with Crippen LogP contribution in [0.2, 0.25) is 0 Å². The first kappa shape index (κ1) is 25.2. The topological polar surface area (TPSA) is 75.1 Å². The zero-order valence-electron chi connectivity index (χ0n) is 22.0. The fourth-order valence-corrected chi connectivity index (χ4v) is 6.06. The SMILES string of the molecule is O=c1ccn2c(n1)O[C@H]1[C@H](ON3CCCC3)[C@@H](COC(c3ccccc3)(c3ccccc3)c3ccccc3)O[C@H]12. The second-order valence-electron chi connectivity index (χ2n) is 10.4. The Kier molecular flexibility index (Phi) is 6.69. The molecule has 40 heavy (non-hydrogen) atoms. The van der Waals surface area contributed by atoms with Gasteiger partial charge < -0.3 is 14.2 Å². The molecule has 0 unspecified atom stereocenters. The molecule has 0 bridgehead atoms. The average Bonchev–Trinajstić information content (AvgIpc) is 3.72. The molecular formula is C32H31N3O5. The maximum absolute atomic E-state index is 11.9. The van der Waals surface area contributed by atoms with E-state index in [1.54, 1.807) is 10.8 Å². The number of hydrogen-bond donors (Lipinski definition) is 0. The molecule has 3 aromatic carbocycles. The first-order valence-corrected chi connectivity index (χ1v) is 13.9. The Labute approximate surface area is 232 Å². The highest BCUT2D eigenvalue weighted by Gasteiger charge is 2.54. The van der Waals surface area contributed by atoms with E-state index in [0.717, 1.165) is 42.6 Å². The van der Waals surface area contributed by atoms with E-state index in [9.17, 15) is 4.79 Å². The second kappa shape index (κ2) is 10.6. The maximum atomic E-state index is 11.9. The van der Waals surface area contributed by atoms with Crippen molar-refractivity contribution in [3.05, 3.63) is 130 Å². The lowest BCUT2D eigenvalue weighted by molar-refractivity contribution is -0.218. The first-order chi connectivity index (χ1) is 19.7. The molecule has 2 fully saturated rings. The lowest BCUT2D eigenvalue weighted by atomic mass is 9.80. The van der Waals surface area contributed by atoms with Crippen molar-refractivity contribution in [2.75, 3.05) is 19.7 Å². The Morgan fingerprint density at radius 1 is 0.825 bits per heavy atom. The van der Waals surface area contributed by atoms with Gasteiger partial charge in [0.05, 0.1) is 6.61 Å². The van der Waals surface area contributed by atoms with Crippen molar-refractivity contribution in [3.63, 3.8) is 0 Å². The normalized spacial score (nSPS) is 24.0. The van der Waals surface area contributed by atoms with E-state index in [1.807, 2.05) is 59.7 Å². The Hall–Kier alpha value is -3.82. The minimum atomic E-state index is -0.881. The van der Waals surface area contributed by atoms with Crippen molar-refractivity contribution in [2.45, 2.75) is 43.0 Å². The Balaban J connectivity index is 1.26. The number of fused-ring (bicyclic) bond motifs is 3. The highest BCUT2D eigenvalue weighted by Crippen LogP contribution is 2.44. The summed E-state index contributed by atoms with van der Waals surface area (Å²) in [4.78, 5) is 22.4. The molecule has 7 rings (SSSR count). The van der Waals surface area contributed by atoms with Gasteiger partial charge in [0, 0.05) is 25.4 Å². The Bertz CT molecular complexity index is 1390. The molecule has 8 nitrogen and oxygen atoms in total. The molecule has 3 aliphatic rings. The molecule has 0 N–H and O–H groups in total. The highest BCUT2D eigenvalue weighted by atomic mass is 16.7. The van der Waals surface area contributed by atoms with Gasteiger partial charge in [0.25, 0.3) is 5.56 Å². The quantitative estimate of drug-likeness (QED) is 0.310. The highest BCUT2D eigenvalue weighted by molar-refractivity contribution is 5.47. The van der Waals surface area contributed by atoms with Crippen molar-refractivity contribution >= 4 is 0 Å². The van der Waals surface area contributed by atoms with Crippen LogP contribution in [0.15, 0.2) is 108 Å². The predicted molar refractivity (Wildman–Crippen MR) is 148 cm³/mol. The van der Waals surface area contributed by atoms with Crippen LogP contribution in [-0.4, -0.2) is 52.6 Å². The summed E-state index contributed by atoms with van der Waals surface area (Å²) in [6.07, 6.45) is 2.04. The van der Waals surface area contributed by atoms with Crippen LogP contribution in [0.4, 0.5) is 0 Å². The van der Waals surface area contributed by atoms with E-state index >= 15 is 0 Å². The Morgan fingerprint density at radius 3 is 1.98 bits per heavy atom. The molecular weight excluding hydrogens is 506 g/mol. The van der Waals surface area contributed by atoms with Crippen LogP contribution in [0.25, 0.3) is 0 Å². The van der Waals surface area contributed by atoms with Crippen molar-refractivity contribution in [1.82, 2.24) is 14.6 Å². The van der Waals surface area contributed by atoms with Gasteiger partial charge in [0.15, 0.2) is 12.3 Å². The molecule has 4 atom stereocenters. The lowest BCUT2D eigenvalue weighted by Gasteiger charge is -2.37. The number of benzene rings is 3. The number of hydrogen-bond acceptors (Lipinski definition) is 7. The van der Waals surface area contributed by atoms with Crippen molar-refractivity contribution < 1.29 is 19.0 Å². The standard InChI is InChI=1S/C32H31N3O5/c36-27-18-21-35-30-29(39-31(35)33-27)28(40-34-19-10-11-20-34)26(38-30)22-37-32(23-12-4-1-5-13-23,24-14-6-2-7-15-24)25-16-8-3-9-17-25/h1-9,12-18,21,26,28-30H,10-11,19-20,22H2/t26-,28-,29+,30-/m1/s1. The number of nitrogens with zero attached hydrogens (tertiary/aromatic N) is 3. The minimum Gasteiger partial charge on any atom is -0.453 e. The summed E-state index contributed by atoms with van der Waals surface area (Å²) in [7, 11) is 0. The number of hydroxylamine groups is 2. The smallest absolute Gasteiger partial charge is 0.302 e. The molecule has 204 valence electrons. The maximum Gasteiger partial charge on any atom is 0.302 e. The summed E-state index contributed by atoms with van der Waals surface area (Å²) in [5.74, 6) is 0. The molecule has 0 spiro atoms. The van der Waals surface area contributed by atoms with Crippen LogP contribution in [0.3, 0.4) is 0 Å². The van der Waals surface area contributed by atoms with Crippen LogP contribution >= 0.6 is 0 Å². The molecule has 3 aliphatic heterocycles. The molecule has 0 amide bonds. The van der Waals surface area contributed by atoms with Gasteiger partial charge in [-0.05, 0) is 29.5 Å². The molecule has 4 heterocycles. The van der Waals surface area contributed by atoms with Gasteiger partial charge in [0.2, 0.25) is 0 Å². The van der Waals surface area contributed by atoms with Crippen LogP contribution in [0.5, 0.6) is 6.01 Å². The van der Waals surface area contributed by atoms with Crippen LogP contribution in [0, 0.1) is 0 Å². The van der Waals surface area contributed by atoms with E-state index in [2.05, 4.69) is 41.4 Å².